The summed E-state index contributed by atoms with van der Waals surface area (Å²) in [6, 6.07) is 7.69. The fraction of sp³-hybridized carbons (Fsp3) is 0.381. The second-order valence-electron chi connectivity index (χ2n) is 6.61. The lowest BCUT2D eigenvalue weighted by molar-refractivity contribution is 0.346. The lowest BCUT2D eigenvalue weighted by Crippen LogP contribution is -2.44. The third-order valence-electron chi connectivity index (χ3n) is 4.92. The smallest absolute Gasteiger partial charge is 0.193 e. The van der Waals surface area contributed by atoms with Crippen molar-refractivity contribution in [1.82, 2.24) is 10.2 Å². The first-order valence-electron chi connectivity index (χ1n) is 9.19. The van der Waals surface area contributed by atoms with E-state index in [1.807, 2.05) is 12.1 Å². The Balaban J connectivity index is 1.64. The second-order valence-corrected chi connectivity index (χ2v) is 6.61. The third kappa shape index (κ3) is 4.35. The van der Waals surface area contributed by atoms with Gasteiger partial charge < -0.3 is 19.7 Å². The van der Waals surface area contributed by atoms with Crippen LogP contribution in [0.2, 0.25) is 0 Å². The van der Waals surface area contributed by atoms with Crippen LogP contribution in [0.15, 0.2) is 35.3 Å². The van der Waals surface area contributed by atoms with Crippen LogP contribution in [0.3, 0.4) is 0 Å². The Morgan fingerprint density at radius 1 is 1.11 bits per heavy atom. The summed E-state index contributed by atoms with van der Waals surface area (Å²) in [5.41, 5.74) is 2.87. The van der Waals surface area contributed by atoms with Crippen LogP contribution in [0, 0.1) is 11.6 Å². The molecule has 0 aliphatic carbocycles. The normalized spacial score (nSPS) is 13.9. The molecule has 0 spiro atoms. The van der Waals surface area contributed by atoms with E-state index in [2.05, 4.69) is 15.2 Å². The fourth-order valence-corrected chi connectivity index (χ4v) is 3.43. The van der Waals surface area contributed by atoms with Gasteiger partial charge in [0.15, 0.2) is 17.5 Å². The Bertz CT molecular complexity index is 871. The summed E-state index contributed by atoms with van der Waals surface area (Å²) in [5.74, 6) is 1.10. The molecule has 3 rings (SSSR count). The first kappa shape index (κ1) is 19.9. The first-order chi connectivity index (χ1) is 13.5. The summed E-state index contributed by atoms with van der Waals surface area (Å²) < 4.78 is 37.6. The van der Waals surface area contributed by atoms with Crippen molar-refractivity contribution in [1.29, 1.82) is 0 Å². The molecule has 0 atom stereocenters. The van der Waals surface area contributed by atoms with Gasteiger partial charge in [0.1, 0.15) is 11.6 Å². The van der Waals surface area contributed by atoms with Gasteiger partial charge in [0.25, 0.3) is 0 Å². The summed E-state index contributed by atoms with van der Waals surface area (Å²) in [6.45, 7) is 2.01. The fourth-order valence-electron chi connectivity index (χ4n) is 3.43. The van der Waals surface area contributed by atoms with Crippen LogP contribution in [0.5, 0.6) is 11.5 Å². The van der Waals surface area contributed by atoms with Gasteiger partial charge in [-0.05, 0) is 47.7 Å². The molecule has 0 unspecified atom stereocenters. The maximum absolute atomic E-state index is 13.8. The van der Waals surface area contributed by atoms with Crippen molar-refractivity contribution in [2.24, 2.45) is 4.99 Å². The van der Waals surface area contributed by atoms with Crippen molar-refractivity contribution in [3.63, 3.8) is 0 Å². The van der Waals surface area contributed by atoms with Crippen LogP contribution in [-0.2, 0) is 19.4 Å². The number of methoxy groups -OCH3 is 2. The van der Waals surface area contributed by atoms with Gasteiger partial charge in [0, 0.05) is 32.7 Å². The highest BCUT2D eigenvalue weighted by Crippen LogP contribution is 2.33. The number of guanidine groups is 1. The summed E-state index contributed by atoms with van der Waals surface area (Å²) in [6.07, 6.45) is 1.31. The van der Waals surface area contributed by atoms with Gasteiger partial charge in [0.05, 0.1) is 14.2 Å². The van der Waals surface area contributed by atoms with Gasteiger partial charge in [-0.2, -0.15) is 0 Å². The molecule has 2 aromatic carbocycles. The minimum absolute atomic E-state index is 0.445. The summed E-state index contributed by atoms with van der Waals surface area (Å²) >= 11 is 0. The van der Waals surface area contributed by atoms with Crippen molar-refractivity contribution in [3.05, 3.63) is 58.7 Å². The van der Waals surface area contributed by atoms with Crippen LogP contribution in [-0.4, -0.2) is 45.2 Å². The number of aliphatic imine (C=N–C) groups is 1. The van der Waals surface area contributed by atoms with Crippen LogP contribution in [0.25, 0.3) is 0 Å². The highest BCUT2D eigenvalue weighted by molar-refractivity contribution is 5.80. The van der Waals surface area contributed by atoms with E-state index in [0.717, 1.165) is 36.3 Å². The predicted molar refractivity (Wildman–Crippen MR) is 105 cm³/mol. The monoisotopic (exact) mass is 389 g/mol. The van der Waals surface area contributed by atoms with Crippen LogP contribution in [0.1, 0.15) is 16.7 Å². The molecule has 1 heterocycles. The molecule has 2 aromatic rings. The van der Waals surface area contributed by atoms with E-state index >= 15 is 0 Å². The van der Waals surface area contributed by atoms with E-state index in [4.69, 9.17) is 9.47 Å². The van der Waals surface area contributed by atoms with E-state index in [0.29, 0.717) is 30.8 Å². The number of hydrogen-bond acceptors (Lipinski definition) is 3. The minimum atomic E-state index is -0.566. The predicted octanol–water partition coefficient (Wildman–Crippen LogP) is 3.16. The average molecular weight is 389 g/mol. The molecule has 7 heteroatoms. The maximum atomic E-state index is 13.8. The molecule has 28 heavy (non-hydrogen) atoms. The van der Waals surface area contributed by atoms with E-state index < -0.39 is 11.6 Å². The van der Waals surface area contributed by atoms with Crippen molar-refractivity contribution >= 4 is 5.96 Å². The summed E-state index contributed by atoms with van der Waals surface area (Å²) in [7, 11) is 4.99. The van der Waals surface area contributed by atoms with Crippen LogP contribution < -0.4 is 14.8 Å². The number of halogens is 2. The number of nitrogens with one attached hydrogen (secondary N) is 1. The molecule has 1 aliphatic heterocycles. The molecule has 0 saturated heterocycles. The van der Waals surface area contributed by atoms with E-state index in [-0.39, 0.29) is 0 Å². The zero-order valence-corrected chi connectivity index (χ0v) is 16.4. The Kier molecular flexibility index (Phi) is 6.34. The molecule has 0 fully saturated rings. The molecule has 0 aromatic heterocycles. The quantitative estimate of drug-likeness (QED) is 0.630. The molecule has 150 valence electrons. The molecule has 1 N–H and O–H groups in total. The summed E-state index contributed by atoms with van der Waals surface area (Å²) in [5, 5.41) is 3.27. The van der Waals surface area contributed by atoms with E-state index in [1.165, 1.54) is 17.7 Å². The van der Waals surface area contributed by atoms with Gasteiger partial charge in [-0.3, -0.25) is 4.99 Å². The highest BCUT2D eigenvalue weighted by atomic mass is 19.1. The largest absolute Gasteiger partial charge is 0.493 e. The Morgan fingerprint density at radius 3 is 2.46 bits per heavy atom. The standard InChI is InChI=1S/C21H25F2N3O2/c1-24-21(25-8-6-14-4-5-17(22)12-18(14)23)26-9-7-15-10-19(27-2)20(28-3)11-16(15)13-26/h4-5,10-12H,6-9,13H2,1-3H3,(H,24,25). The van der Waals surface area contributed by atoms with Crippen LogP contribution in [0.4, 0.5) is 8.78 Å². The molecular weight excluding hydrogens is 364 g/mol. The molecule has 0 radical (unpaired) electrons. The SMILES string of the molecule is CN=C(NCCc1ccc(F)cc1F)N1CCc2cc(OC)c(OC)cc2C1. The Labute approximate surface area is 164 Å². The molecule has 5 nitrogen and oxygen atoms in total. The summed E-state index contributed by atoms with van der Waals surface area (Å²) in [4.78, 5) is 6.50. The average Bonchev–Trinajstić information content (AvgIpc) is 2.71. The first-order valence-corrected chi connectivity index (χ1v) is 9.19. The van der Waals surface area contributed by atoms with Crippen LogP contribution >= 0.6 is 0 Å². The molecule has 0 bridgehead atoms. The second kappa shape index (κ2) is 8.91. The molecule has 1 aliphatic rings. The van der Waals surface area contributed by atoms with Gasteiger partial charge in [-0.1, -0.05) is 6.07 Å². The Morgan fingerprint density at radius 2 is 1.82 bits per heavy atom. The highest BCUT2D eigenvalue weighted by Gasteiger charge is 2.21. The number of nitrogens with zero attached hydrogens (tertiary/aromatic N) is 2. The zero-order chi connectivity index (χ0) is 20.1. The van der Waals surface area contributed by atoms with Crippen molar-refractivity contribution in [2.75, 3.05) is 34.4 Å². The molecule has 0 amide bonds. The lowest BCUT2D eigenvalue weighted by atomic mass is 9.99. The maximum Gasteiger partial charge on any atom is 0.193 e. The van der Waals surface area contributed by atoms with Gasteiger partial charge in [-0.15, -0.1) is 0 Å². The number of fused-ring (bicyclic) bond motifs is 1. The topological polar surface area (TPSA) is 46.1 Å². The number of ether oxygens (including phenoxy) is 2. The molecular formula is C21H25F2N3O2. The zero-order valence-electron chi connectivity index (χ0n) is 16.4. The van der Waals surface area contributed by atoms with Crippen molar-refractivity contribution < 1.29 is 18.3 Å². The third-order valence-corrected chi connectivity index (χ3v) is 4.92. The number of rotatable bonds is 5. The number of hydrogen-bond donors (Lipinski definition) is 1. The molecule has 0 saturated carbocycles. The van der Waals surface area contributed by atoms with Gasteiger partial charge in [-0.25, -0.2) is 8.78 Å². The van der Waals surface area contributed by atoms with Gasteiger partial charge in [0.2, 0.25) is 0 Å². The number of benzene rings is 2. The lowest BCUT2D eigenvalue weighted by Gasteiger charge is -2.32. The van der Waals surface area contributed by atoms with Gasteiger partial charge >= 0.3 is 0 Å². The minimum Gasteiger partial charge on any atom is -0.493 e. The van der Waals surface area contributed by atoms with Crippen molar-refractivity contribution in [2.45, 2.75) is 19.4 Å². The Hall–Kier alpha value is -2.83. The van der Waals surface area contributed by atoms with E-state index in [1.54, 1.807) is 21.3 Å². The van der Waals surface area contributed by atoms with Crippen molar-refractivity contribution in [3.8, 4) is 11.5 Å². The van der Waals surface area contributed by atoms with E-state index in [9.17, 15) is 8.78 Å².